The Bertz CT molecular complexity index is 542. The third kappa shape index (κ3) is 4.86. The van der Waals surface area contributed by atoms with E-state index in [0.717, 1.165) is 29.7 Å². The molecular formula is C16H22BrN3O. The van der Waals surface area contributed by atoms with Crippen molar-refractivity contribution in [3.05, 3.63) is 46.7 Å². The van der Waals surface area contributed by atoms with Gasteiger partial charge in [0.2, 0.25) is 0 Å². The molecule has 0 saturated carbocycles. The van der Waals surface area contributed by atoms with Gasteiger partial charge in [-0.1, -0.05) is 28.9 Å². The molecule has 4 nitrogen and oxygen atoms in total. The molecule has 114 valence electrons. The van der Waals surface area contributed by atoms with E-state index in [0.29, 0.717) is 6.61 Å². The Labute approximate surface area is 134 Å². The summed E-state index contributed by atoms with van der Waals surface area (Å²) < 4.78 is 8.86. The minimum Gasteiger partial charge on any atom is -0.491 e. The monoisotopic (exact) mass is 351 g/mol. The van der Waals surface area contributed by atoms with Gasteiger partial charge < -0.3 is 10.1 Å². The maximum atomic E-state index is 5.96. The van der Waals surface area contributed by atoms with Gasteiger partial charge in [0.15, 0.2) is 0 Å². The minimum atomic E-state index is 0.276. The zero-order chi connectivity index (χ0) is 15.1. The molecule has 5 heteroatoms. The highest BCUT2D eigenvalue weighted by atomic mass is 79.9. The Morgan fingerprint density at radius 2 is 2.29 bits per heavy atom. The van der Waals surface area contributed by atoms with Crippen LogP contribution in [0.1, 0.15) is 31.9 Å². The molecular weight excluding hydrogens is 330 g/mol. The number of aromatic nitrogens is 2. The number of ether oxygens (including phenoxy) is 1. The standard InChI is InChI=1S/C16H22BrN3O/c1-3-7-18-13(2)15-6-5-14(17)12-16(15)21-11-10-20-9-4-8-19-20/h4-6,8-9,12-13,18H,3,7,10-11H2,1-2H3. The molecule has 0 bridgehead atoms. The van der Waals surface area contributed by atoms with Crippen molar-refractivity contribution in [2.75, 3.05) is 13.2 Å². The van der Waals surface area contributed by atoms with Crippen molar-refractivity contribution in [2.24, 2.45) is 0 Å². The predicted molar refractivity (Wildman–Crippen MR) is 88.6 cm³/mol. The molecule has 0 amide bonds. The number of nitrogens with zero attached hydrogens (tertiary/aromatic N) is 2. The van der Waals surface area contributed by atoms with Gasteiger partial charge >= 0.3 is 0 Å². The molecule has 0 radical (unpaired) electrons. The second kappa shape index (κ2) is 8.20. The Hall–Kier alpha value is -1.33. The number of rotatable bonds is 8. The van der Waals surface area contributed by atoms with E-state index in [1.807, 2.05) is 23.0 Å². The van der Waals surface area contributed by atoms with Gasteiger partial charge in [0, 0.05) is 28.5 Å². The van der Waals surface area contributed by atoms with Crippen molar-refractivity contribution < 1.29 is 4.74 Å². The van der Waals surface area contributed by atoms with Crippen LogP contribution in [0, 0.1) is 0 Å². The molecule has 0 saturated heterocycles. The summed E-state index contributed by atoms with van der Waals surface area (Å²) in [5, 5.41) is 7.68. The fraction of sp³-hybridized carbons (Fsp3) is 0.438. The Morgan fingerprint density at radius 1 is 1.43 bits per heavy atom. The predicted octanol–water partition coefficient (Wildman–Crippen LogP) is 3.79. The largest absolute Gasteiger partial charge is 0.491 e. The molecule has 0 aliphatic carbocycles. The van der Waals surface area contributed by atoms with Crippen LogP contribution < -0.4 is 10.1 Å². The number of hydrogen-bond donors (Lipinski definition) is 1. The molecule has 1 aromatic carbocycles. The highest BCUT2D eigenvalue weighted by Crippen LogP contribution is 2.28. The zero-order valence-corrected chi connectivity index (χ0v) is 14.1. The highest BCUT2D eigenvalue weighted by Gasteiger charge is 2.11. The molecule has 21 heavy (non-hydrogen) atoms. The number of halogens is 1. The van der Waals surface area contributed by atoms with Crippen LogP contribution >= 0.6 is 15.9 Å². The third-order valence-electron chi connectivity index (χ3n) is 3.28. The molecule has 0 fully saturated rings. The normalized spacial score (nSPS) is 12.3. The van der Waals surface area contributed by atoms with E-state index in [9.17, 15) is 0 Å². The first-order valence-electron chi connectivity index (χ1n) is 7.33. The Kier molecular flexibility index (Phi) is 6.26. The van der Waals surface area contributed by atoms with Crippen LogP contribution in [-0.4, -0.2) is 22.9 Å². The average molecular weight is 352 g/mol. The van der Waals surface area contributed by atoms with Gasteiger partial charge in [0.05, 0.1) is 6.54 Å². The molecule has 2 aromatic rings. The van der Waals surface area contributed by atoms with Crippen LogP contribution in [0.4, 0.5) is 0 Å². The number of nitrogens with one attached hydrogen (secondary N) is 1. The summed E-state index contributed by atoms with van der Waals surface area (Å²) >= 11 is 3.51. The van der Waals surface area contributed by atoms with Gasteiger partial charge in [-0.15, -0.1) is 0 Å². The van der Waals surface area contributed by atoms with Gasteiger partial charge in [0.25, 0.3) is 0 Å². The summed E-state index contributed by atoms with van der Waals surface area (Å²) in [5.74, 6) is 0.924. The molecule has 0 aliphatic rings. The van der Waals surface area contributed by atoms with Crippen LogP contribution in [0.3, 0.4) is 0 Å². The van der Waals surface area contributed by atoms with E-state index in [1.54, 1.807) is 6.20 Å². The zero-order valence-electron chi connectivity index (χ0n) is 12.6. The van der Waals surface area contributed by atoms with Crippen molar-refractivity contribution in [1.29, 1.82) is 0 Å². The topological polar surface area (TPSA) is 39.1 Å². The molecule has 1 N–H and O–H groups in total. The molecule has 1 aromatic heterocycles. The van der Waals surface area contributed by atoms with Gasteiger partial charge in [-0.2, -0.15) is 5.10 Å². The van der Waals surface area contributed by atoms with E-state index in [2.05, 4.69) is 52.3 Å². The summed E-state index contributed by atoms with van der Waals surface area (Å²) in [6.45, 7) is 6.69. The second-order valence-electron chi connectivity index (χ2n) is 4.98. The first-order chi connectivity index (χ1) is 10.2. The van der Waals surface area contributed by atoms with Crippen molar-refractivity contribution in [3.63, 3.8) is 0 Å². The fourth-order valence-corrected chi connectivity index (χ4v) is 2.48. The maximum Gasteiger partial charge on any atom is 0.125 e. The smallest absolute Gasteiger partial charge is 0.125 e. The van der Waals surface area contributed by atoms with E-state index in [4.69, 9.17) is 4.74 Å². The summed E-state index contributed by atoms with van der Waals surface area (Å²) in [6.07, 6.45) is 4.84. The highest BCUT2D eigenvalue weighted by molar-refractivity contribution is 9.10. The van der Waals surface area contributed by atoms with Crippen LogP contribution in [0.2, 0.25) is 0 Å². The van der Waals surface area contributed by atoms with E-state index in [1.165, 1.54) is 5.56 Å². The van der Waals surface area contributed by atoms with Gasteiger partial charge in [-0.05, 0) is 38.1 Å². The number of hydrogen-bond acceptors (Lipinski definition) is 3. The van der Waals surface area contributed by atoms with Crippen molar-refractivity contribution in [3.8, 4) is 5.75 Å². The Balaban J connectivity index is 2.00. The first kappa shape index (κ1) is 16.0. The summed E-state index contributed by atoms with van der Waals surface area (Å²) in [5.41, 5.74) is 1.19. The lowest BCUT2D eigenvalue weighted by molar-refractivity contribution is 0.286. The van der Waals surface area contributed by atoms with Gasteiger partial charge in [0.1, 0.15) is 12.4 Å². The van der Waals surface area contributed by atoms with Gasteiger partial charge in [-0.25, -0.2) is 0 Å². The quantitative estimate of drug-likeness (QED) is 0.786. The average Bonchev–Trinajstić information content (AvgIpc) is 2.98. The molecule has 1 atom stereocenters. The molecule has 1 unspecified atom stereocenters. The summed E-state index contributed by atoms with van der Waals surface area (Å²) in [7, 11) is 0. The van der Waals surface area contributed by atoms with Crippen molar-refractivity contribution >= 4 is 15.9 Å². The molecule has 1 heterocycles. The Morgan fingerprint density at radius 3 is 3.00 bits per heavy atom. The lowest BCUT2D eigenvalue weighted by Crippen LogP contribution is -2.20. The summed E-state index contributed by atoms with van der Waals surface area (Å²) in [4.78, 5) is 0. The van der Waals surface area contributed by atoms with E-state index < -0.39 is 0 Å². The van der Waals surface area contributed by atoms with Crippen molar-refractivity contribution in [2.45, 2.75) is 32.9 Å². The summed E-state index contributed by atoms with van der Waals surface area (Å²) in [6, 6.07) is 8.39. The first-order valence-corrected chi connectivity index (χ1v) is 8.13. The lowest BCUT2D eigenvalue weighted by Gasteiger charge is -2.18. The van der Waals surface area contributed by atoms with E-state index in [-0.39, 0.29) is 6.04 Å². The SMILES string of the molecule is CCCNC(C)c1ccc(Br)cc1OCCn1cccn1. The van der Waals surface area contributed by atoms with Crippen LogP contribution in [-0.2, 0) is 6.54 Å². The molecule has 0 spiro atoms. The van der Waals surface area contributed by atoms with Crippen LogP contribution in [0.25, 0.3) is 0 Å². The van der Waals surface area contributed by atoms with Crippen molar-refractivity contribution in [1.82, 2.24) is 15.1 Å². The minimum absolute atomic E-state index is 0.276. The molecule has 0 aliphatic heterocycles. The second-order valence-corrected chi connectivity index (χ2v) is 5.89. The number of benzene rings is 1. The van der Waals surface area contributed by atoms with Gasteiger partial charge in [-0.3, -0.25) is 4.68 Å². The van der Waals surface area contributed by atoms with Crippen LogP contribution in [0.15, 0.2) is 41.1 Å². The third-order valence-corrected chi connectivity index (χ3v) is 3.77. The van der Waals surface area contributed by atoms with Crippen LogP contribution in [0.5, 0.6) is 5.75 Å². The maximum absolute atomic E-state index is 5.96. The lowest BCUT2D eigenvalue weighted by atomic mass is 10.1. The molecule has 2 rings (SSSR count). The fourth-order valence-electron chi connectivity index (χ4n) is 2.14. The van der Waals surface area contributed by atoms with E-state index >= 15 is 0 Å².